The third-order valence-electron chi connectivity index (χ3n) is 1.81. The fourth-order valence-corrected chi connectivity index (χ4v) is 1.48. The highest BCUT2D eigenvalue weighted by atomic mass is 79.9. The van der Waals surface area contributed by atoms with E-state index in [0.29, 0.717) is 16.6 Å². The van der Waals surface area contributed by atoms with Crippen LogP contribution in [-0.4, -0.2) is 17.2 Å². The second-order valence-corrected chi connectivity index (χ2v) is 3.78. The molecule has 0 aromatic heterocycles. The van der Waals surface area contributed by atoms with Crippen molar-refractivity contribution in [2.24, 2.45) is 0 Å². The summed E-state index contributed by atoms with van der Waals surface area (Å²) in [4.78, 5) is 10.7. The minimum atomic E-state index is -1.03. The molecule has 1 unspecified atom stereocenters. The maximum absolute atomic E-state index is 12.7. The van der Waals surface area contributed by atoms with Crippen LogP contribution in [0.5, 0.6) is 5.75 Å². The Morgan fingerprint density at radius 2 is 2.33 bits per heavy atom. The van der Waals surface area contributed by atoms with Crippen LogP contribution >= 0.6 is 15.9 Å². The Labute approximate surface area is 95.0 Å². The number of hydrogen-bond donors (Lipinski definition) is 1. The van der Waals surface area contributed by atoms with Crippen LogP contribution in [0.3, 0.4) is 0 Å². The molecule has 1 atom stereocenters. The van der Waals surface area contributed by atoms with Crippen LogP contribution in [0, 0.1) is 5.82 Å². The predicted molar refractivity (Wildman–Crippen MR) is 56.4 cm³/mol. The van der Waals surface area contributed by atoms with Crippen LogP contribution in [0.1, 0.15) is 13.3 Å². The minimum Gasteiger partial charge on any atom is -0.479 e. The first-order chi connectivity index (χ1) is 7.04. The Morgan fingerprint density at radius 1 is 1.67 bits per heavy atom. The van der Waals surface area contributed by atoms with Gasteiger partial charge in [0, 0.05) is 0 Å². The zero-order valence-electron chi connectivity index (χ0n) is 8.04. The van der Waals surface area contributed by atoms with Gasteiger partial charge in [0.25, 0.3) is 0 Å². The lowest BCUT2D eigenvalue weighted by Crippen LogP contribution is -2.26. The van der Waals surface area contributed by atoms with Crippen molar-refractivity contribution < 1.29 is 19.0 Å². The summed E-state index contributed by atoms with van der Waals surface area (Å²) in [6.45, 7) is 1.70. The van der Waals surface area contributed by atoms with Gasteiger partial charge in [-0.3, -0.25) is 0 Å². The van der Waals surface area contributed by atoms with Crippen molar-refractivity contribution in [1.82, 2.24) is 0 Å². The predicted octanol–water partition coefficient (Wildman–Crippen LogP) is 2.83. The van der Waals surface area contributed by atoms with Gasteiger partial charge in [0.15, 0.2) is 6.10 Å². The lowest BCUT2D eigenvalue weighted by molar-refractivity contribution is -0.145. The van der Waals surface area contributed by atoms with E-state index in [4.69, 9.17) is 9.84 Å². The van der Waals surface area contributed by atoms with Gasteiger partial charge in [0.2, 0.25) is 0 Å². The van der Waals surface area contributed by atoms with E-state index in [1.807, 2.05) is 0 Å². The molecule has 1 aromatic rings. The van der Waals surface area contributed by atoms with Crippen molar-refractivity contribution in [1.29, 1.82) is 0 Å². The highest BCUT2D eigenvalue weighted by Gasteiger charge is 2.17. The number of carboxylic acids is 1. The first-order valence-electron chi connectivity index (χ1n) is 4.39. The molecule has 0 radical (unpaired) electrons. The Hall–Kier alpha value is -1.10. The van der Waals surface area contributed by atoms with Gasteiger partial charge in [0.1, 0.15) is 11.6 Å². The molecule has 5 heteroatoms. The van der Waals surface area contributed by atoms with E-state index in [9.17, 15) is 9.18 Å². The largest absolute Gasteiger partial charge is 0.479 e. The fraction of sp³-hybridized carbons (Fsp3) is 0.300. The molecule has 0 heterocycles. The lowest BCUT2D eigenvalue weighted by atomic mass is 10.2. The van der Waals surface area contributed by atoms with Crippen molar-refractivity contribution in [3.8, 4) is 5.75 Å². The average molecular weight is 277 g/mol. The summed E-state index contributed by atoms with van der Waals surface area (Å²) >= 11 is 3.10. The summed E-state index contributed by atoms with van der Waals surface area (Å²) in [5.41, 5.74) is 0. The summed E-state index contributed by atoms with van der Waals surface area (Å²) in [6, 6.07) is 3.84. The molecular formula is C10H10BrFO3. The molecule has 0 spiro atoms. The number of halogens is 2. The number of rotatable bonds is 4. The smallest absolute Gasteiger partial charge is 0.344 e. The number of carboxylic acid groups (broad SMARTS) is 1. The SMILES string of the molecule is CCC(Oc1ccc(F)cc1Br)C(=O)O. The van der Waals surface area contributed by atoms with E-state index in [0.717, 1.165) is 0 Å². The molecule has 0 aliphatic heterocycles. The maximum atomic E-state index is 12.7. The first kappa shape index (κ1) is 12.0. The molecule has 0 aliphatic carbocycles. The highest BCUT2D eigenvalue weighted by molar-refractivity contribution is 9.10. The molecule has 0 saturated carbocycles. The van der Waals surface area contributed by atoms with Gasteiger partial charge in [-0.25, -0.2) is 9.18 Å². The van der Waals surface area contributed by atoms with Crippen molar-refractivity contribution in [2.75, 3.05) is 0 Å². The van der Waals surface area contributed by atoms with Crippen molar-refractivity contribution >= 4 is 21.9 Å². The van der Waals surface area contributed by atoms with E-state index in [1.165, 1.54) is 18.2 Å². The van der Waals surface area contributed by atoms with E-state index in [2.05, 4.69) is 15.9 Å². The van der Waals surface area contributed by atoms with Gasteiger partial charge in [-0.1, -0.05) is 6.92 Å². The number of ether oxygens (including phenoxy) is 1. The maximum Gasteiger partial charge on any atom is 0.344 e. The molecule has 15 heavy (non-hydrogen) atoms. The molecule has 1 rings (SSSR count). The van der Waals surface area contributed by atoms with Crippen LogP contribution in [0.4, 0.5) is 4.39 Å². The van der Waals surface area contributed by atoms with E-state index in [1.54, 1.807) is 6.92 Å². The van der Waals surface area contributed by atoms with E-state index >= 15 is 0 Å². The van der Waals surface area contributed by atoms with Crippen molar-refractivity contribution in [2.45, 2.75) is 19.4 Å². The van der Waals surface area contributed by atoms with Gasteiger partial charge in [-0.05, 0) is 40.5 Å². The van der Waals surface area contributed by atoms with Gasteiger partial charge in [0.05, 0.1) is 4.47 Å². The van der Waals surface area contributed by atoms with E-state index in [-0.39, 0.29) is 0 Å². The van der Waals surface area contributed by atoms with Gasteiger partial charge < -0.3 is 9.84 Å². The number of benzene rings is 1. The van der Waals surface area contributed by atoms with Gasteiger partial charge >= 0.3 is 5.97 Å². The first-order valence-corrected chi connectivity index (χ1v) is 5.18. The molecule has 1 aromatic carbocycles. The third kappa shape index (κ3) is 3.20. The Kier molecular flexibility index (Phi) is 4.08. The van der Waals surface area contributed by atoms with Crippen molar-refractivity contribution in [3.63, 3.8) is 0 Å². The molecule has 0 amide bonds. The number of aliphatic carboxylic acids is 1. The summed E-state index contributed by atoms with van der Waals surface area (Å²) in [6.07, 6.45) is -0.564. The van der Waals surface area contributed by atoms with Gasteiger partial charge in [-0.15, -0.1) is 0 Å². The average Bonchev–Trinajstić information content (AvgIpc) is 2.16. The molecule has 3 nitrogen and oxygen atoms in total. The second-order valence-electron chi connectivity index (χ2n) is 2.93. The molecule has 0 aliphatic rings. The Bertz CT molecular complexity index is 368. The van der Waals surface area contributed by atoms with Crippen LogP contribution in [0.15, 0.2) is 22.7 Å². The summed E-state index contributed by atoms with van der Waals surface area (Å²) in [5, 5.41) is 8.77. The zero-order chi connectivity index (χ0) is 11.4. The molecule has 0 saturated heterocycles. The summed E-state index contributed by atoms with van der Waals surface area (Å²) in [5.74, 6) is -1.11. The quantitative estimate of drug-likeness (QED) is 0.920. The molecule has 1 N–H and O–H groups in total. The lowest BCUT2D eigenvalue weighted by Gasteiger charge is -2.14. The molecule has 0 bridgehead atoms. The van der Waals surface area contributed by atoms with Crippen molar-refractivity contribution in [3.05, 3.63) is 28.5 Å². The standard InChI is InChI=1S/C10H10BrFO3/c1-2-8(10(13)14)15-9-4-3-6(12)5-7(9)11/h3-5,8H,2H2,1H3,(H,13,14). The van der Waals surface area contributed by atoms with Crippen LogP contribution < -0.4 is 4.74 Å². The topological polar surface area (TPSA) is 46.5 Å². The highest BCUT2D eigenvalue weighted by Crippen LogP contribution is 2.26. The zero-order valence-corrected chi connectivity index (χ0v) is 9.62. The number of carbonyl (C=O) groups is 1. The number of hydrogen-bond acceptors (Lipinski definition) is 2. The van der Waals surface area contributed by atoms with Crippen LogP contribution in [0.2, 0.25) is 0 Å². The Balaban J connectivity index is 2.84. The van der Waals surface area contributed by atoms with Crippen LogP contribution in [0.25, 0.3) is 0 Å². The molecular weight excluding hydrogens is 267 g/mol. The summed E-state index contributed by atoms with van der Waals surface area (Å²) < 4.78 is 18.3. The molecule has 0 fully saturated rings. The van der Waals surface area contributed by atoms with Gasteiger partial charge in [-0.2, -0.15) is 0 Å². The fourth-order valence-electron chi connectivity index (χ4n) is 1.03. The minimum absolute atomic E-state index is 0.325. The molecule has 82 valence electrons. The normalized spacial score (nSPS) is 12.2. The second kappa shape index (κ2) is 5.11. The Morgan fingerprint density at radius 3 is 2.80 bits per heavy atom. The van der Waals surface area contributed by atoms with E-state index < -0.39 is 17.9 Å². The monoisotopic (exact) mass is 276 g/mol. The summed E-state index contributed by atoms with van der Waals surface area (Å²) in [7, 11) is 0. The van der Waals surface area contributed by atoms with Crippen LogP contribution in [-0.2, 0) is 4.79 Å². The third-order valence-corrected chi connectivity index (χ3v) is 2.43.